The Morgan fingerprint density at radius 1 is 1.38 bits per heavy atom. The summed E-state index contributed by atoms with van der Waals surface area (Å²) in [5.41, 5.74) is 0.987. The molecule has 1 aromatic rings. The van der Waals surface area contributed by atoms with Crippen molar-refractivity contribution >= 4 is 17.6 Å². The summed E-state index contributed by atoms with van der Waals surface area (Å²) in [6, 6.07) is 5.21. The summed E-state index contributed by atoms with van der Waals surface area (Å²) >= 11 is 6.25. The molecule has 1 saturated heterocycles. The minimum absolute atomic E-state index is 0.429. The second-order valence-electron chi connectivity index (χ2n) is 5.25. The van der Waals surface area contributed by atoms with Gasteiger partial charge in [0.1, 0.15) is 11.8 Å². The fraction of sp³-hybridized carbons (Fsp3) is 0.533. The Morgan fingerprint density at radius 3 is 2.62 bits per heavy atom. The lowest BCUT2D eigenvalue weighted by atomic mass is 10.1. The fourth-order valence-electron chi connectivity index (χ4n) is 2.57. The summed E-state index contributed by atoms with van der Waals surface area (Å²) in [7, 11) is 1.64. The molecule has 1 fully saturated rings. The van der Waals surface area contributed by atoms with Crippen molar-refractivity contribution < 1.29 is 14.6 Å². The van der Waals surface area contributed by atoms with Crippen LogP contribution in [0.4, 0.5) is 0 Å². The maximum absolute atomic E-state index is 11.0. The van der Waals surface area contributed by atoms with Crippen molar-refractivity contribution in [3.05, 3.63) is 28.8 Å². The van der Waals surface area contributed by atoms with Gasteiger partial charge in [0.25, 0.3) is 0 Å². The normalized spacial score (nSPS) is 18.4. The number of nitrogens with zero attached hydrogens (tertiary/aromatic N) is 2. The summed E-state index contributed by atoms with van der Waals surface area (Å²) < 4.78 is 5.36. The van der Waals surface area contributed by atoms with Gasteiger partial charge in [-0.3, -0.25) is 14.6 Å². The van der Waals surface area contributed by atoms with E-state index >= 15 is 0 Å². The molecule has 0 radical (unpaired) electrons. The third-order valence-corrected chi connectivity index (χ3v) is 4.34. The lowest BCUT2D eigenvalue weighted by Gasteiger charge is -2.36. The Bertz CT molecular complexity index is 502. The molecule has 1 N–H and O–H groups in total. The number of piperazine rings is 1. The van der Waals surface area contributed by atoms with Crippen LogP contribution in [0.1, 0.15) is 12.5 Å². The number of carboxylic acids is 1. The van der Waals surface area contributed by atoms with E-state index in [1.54, 1.807) is 14.0 Å². The van der Waals surface area contributed by atoms with E-state index in [0.717, 1.165) is 44.0 Å². The maximum Gasteiger partial charge on any atom is 0.320 e. The van der Waals surface area contributed by atoms with Crippen LogP contribution in [0.25, 0.3) is 0 Å². The summed E-state index contributed by atoms with van der Waals surface area (Å²) in [4.78, 5) is 15.3. The SMILES string of the molecule is COc1cccc(Cl)c1CN1CCN(C(C)C(=O)O)CC1. The molecule has 2 rings (SSSR count). The minimum atomic E-state index is -0.767. The van der Waals surface area contributed by atoms with Gasteiger partial charge in [0.2, 0.25) is 0 Å². The van der Waals surface area contributed by atoms with Crippen LogP contribution in [0.5, 0.6) is 5.75 Å². The highest BCUT2D eigenvalue weighted by Crippen LogP contribution is 2.28. The molecule has 0 aromatic heterocycles. The molecule has 0 spiro atoms. The van der Waals surface area contributed by atoms with Crippen molar-refractivity contribution in [1.82, 2.24) is 9.80 Å². The molecule has 1 aliphatic rings. The molecule has 21 heavy (non-hydrogen) atoms. The molecule has 1 heterocycles. The first-order chi connectivity index (χ1) is 10.0. The molecular formula is C15H21ClN2O3. The number of aliphatic carboxylic acids is 1. The molecule has 1 aliphatic heterocycles. The van der Waals surface area contributed by atoms with Crippen LogP contribution in [0.15, 0.2) is 18.2 Å². The molecule has 6 heteroatoms. The van der Waals surface area contributed by atoms with Crippen molar-refractivity contribution in [2.45, 2.75) is 19.5 Å². The van der Waals surface area contributed by atoms with E-state index in [1.807, 2.05) is 23.1 Å². The van der Waals surface area contributed by atoms with E-state index in [2.05, 4.69) is 4.90 Å². The van der Waals surface area contributed by atoms with E-state index in [9.17, 15) is 4.79 Å². The summed E-state index contributed by atoms with van der Waals surface area (Å²) in [5.74, 6) is 0.0278. The Labute approximate surface area is 130 Å². The topological polar surface area (TPSA) is 53.0 Å². The van der Waals surface area contributed by atoms with E-state index in [0.29, 0.717) is 5.02 Å². The monoisotopic (exact) mass is 312 g/mol. The summed E-state index contributed by atoms with van der Waals surface area (Å²) in [6.07, 6.45) is 0. The molecule has 1 unspecified atom stereocenters. The van der Waals surface area contributed by atoms with Crippen molar-refractivity contribution in [1.29, 1.82) is 0 Å². The quantitative estimate of drug-likeness (QED) is 0.900. The number of carbonyl (C=O) groups is 1. The lowest BCUT2D eigenvalue weighted by molar-refractivity contribution is -0.143. The van der Waals surface area contributed by atoms with Crippen molar-refractivity contribution in [3.8, 4) is 5.75 Å². The third kappa shape index (κ3) is 3.87. The van der Waals surface area contributed by atoms with Crippen LogP contribution in [-0.2, 0) is 11.3 Å². The van der Waals surface area contributed by atoms with Gasteiger partial charge in [0, 0.05) is 43.3 Å². The van der Waals surface area contributed by atoms with Crippen LogP contribution in [0.2, 0.25) is 5.02 Å². The van der Waals surface area contributed by atoms with E-state index in [4.69, 9.17) is 21.4 Å². The zero-order valence-corrected chi connectivity index (χ0v) is 13.1. The van der Waals surface area contributed by atoms with Gasteiger partial charge in [-0.05, 0) is 19.1 Å². The van der Waals surface area contributed by atoms with Crippen LogP contribution in [-0.4, -0.2) is 60.2 Å². The Balaban J connectivity index is 1.97. The summed E-state index contributed by atoms with van der Waals surface area (Å²) in [6.45, 7) is 5.60. The van der Waals surface area contributed by atoms with Crippen LogP contribution in [0, 0.1) is 0 Å². The van der Waals surface area contributed by atoms with Gasteiger partial charge in [-0.2, -0.15) is 0 Å². The second kappa shape index (κ2) is 7.11. The smallest absolute Gasteiger partial charge is 0.320 e. The highest BCUT2D eigenvalue weighted by molar-refractivity contribution is 6.31. The molecule has 0 aliphatic carbocycles. The number of benzene rings is 1. The number of hydrogen-bond donors (Lipinski definition) is 1. The molecule has 1 atom stereocenters. The van der Waals surface area contributed by atoms with Crippen molar-refractivity contribution in [2.24, 2.45) is 0 Å². The number of hydrogen-bond acceptors (Lipinski definition) is 4. The Hall–Kier alpha value is -1.30. The first-order valence-electron chi connectivity index (χ1n) is 7.03. The number of carboxylic acid groups (broad SMARTS) is 1. The highest BCUT2D eigenvalue weighted by Gasteiger charge is 2.25. The van der Waals surface area contributed by atoms with Crippen molar-refractivity contribution in [2.75, 3.05) is 33.3 Å². The zero-order valence-electron chi connectivity index (χ0n) is 12.4. The average molecular weight is 313 g/mol. The molecular weight excluding hydrogens is 292 g/mol. The van der Waals surface area contributed by atoms with Gasteiger partial charge in [0.05, 0.1) is 7.11 Å². The largest absolute Gasteiger partial charge is 0.496 e. The number of halogens is 1. The van der Waals surface area contributed by atoms with Crippen LogP contribution < -0.4 is 4.74 Å². The van der Waals surface area contributed by atoms with Gasteiger partial charge >= 0.3 is 5.97 Å². The van der Waals surface area contributed by atoms with E-state index < -0.39 is 12.0 Å². The number of ether oxygens (including phenoxy) is 1. The lowest BCUT2D eigenvalue weighted by Crippen LogP contribution is -2.51. The summed E-state index contributed by atoms with van der Waals surface area (Å²) in [5, 5.41) is 9.76. The Kier molecular flexibility index (Phi) is 5.45. The van der Waals surface area contributed by atoms with E-state index in [1.165, 1.54) is 0 Å². The second-order valence-corrected chi connectivity index (χ2v) is 5.65. The minimum Gasteiger partial charge on any atom is -0.496 e. The van der Waals surface area contributed by atoms with E-state index in [-0.39, 0.29) is 0 Å². The predicted molar refractivity (Wildman–Crippen MR) is 82.0 cm³/mol. The number of methoxy groups -OCH3 is 1. The molecule has 0 amide bonds. The van der Waals surface area contributed by atoms with Gasteiger partial charge in [0.15, 0.2) is 0 Å². The molecule has 1 aromatic carbocycles. The van der Waals surface area contributed by atoms with Crippen molar-refractivity contribution in [3.63, 3.8) is 0 Å². The first-order valence-corrected chi connectivity index (χ1v) is 7.41. The molecule has 0 bridgehead atoms. The molecule has 0 saturated carbocycles. The fourth-order valence-corrected chi connectivity index (χ4v) is 2.80. The van der Waals surface area contributed by atoms with Gasteiger partial charge in [-0.1, -0.05) is 17.7 Å². The third-order valence-electron chi connectivity index (χ3n) is 3.99. The van der Waals surface area contributed by atoms with Crippen LogP contribution in [0.3, 0.4) is 0 Å². The molecule has 116 valence electrons. The van der Waals surface area contributed by atoms with Crippen LogP contribution >= 0.6 is 11.6 Å². The van der Waals surface area contributed by atoms with Gasteiger partial charge in [-0.15, -0.1) is 0 Å². The average Bonchev–Trinajstić information content (AvgIpc) is 2.49. The van der Waals surface area contributed by atoms with Gasteiger partial charge in [-0.25, -0.2) is 0 Å². The van der Waals surface area contributed by atoms with Gasteiger partial charge < -0.3 is 9.84 Å². The predicted octanol–water partition coefficient (Wildman–Crippen LogP) is 1.94. The number of rotatable bonds is 5. The zero-order chi connectivity index (χ0) is 15.4. The highest BCUT2D eigenvalue weighted by atomic mass is 35.5. The molecule has 5 nitrogen and oxygen atoms in total. The Morgan fingerprint density at radius 2 is 2.05 bits per heavy atom. The first kappa shape index (κ1) is 16.1. The maximum atomic E-state index is 11.0. The standard InChI is InChI=1S/C15H21ClN2O3/c1-11(15(19)20)18-8-6-17(7-9-18)10-12-13(16)4-3-5-14(12)21-2/h3-5,11H,6-10H2,1-2H3,(H,19,20).